The zero-order valence-electron chi connectivity index (χ0n) is 10.1. The van der Waals surface area contributed by atoms with Crippen LogP contribution >= 0.6 is 0 Å². The Labute approximate surface area is 100 Å². The zero-order chi connectivity index (χ0) is 12.3. The second-order valence-electron chi connectivity index (χ2n) is 5.47. The second kappa shape index (κ2) is 2.91. The van der Waals surface area contributed by atoms with E-state index in [2.05, 4.69) is 0 Å². The lowest BCUT2D eigenvalue weighted by Crippen LogP contribution is -2.21. The fourth-order valence-electron chi connectivity index (χ4n) is 3.54. The van der Waals surface area contributed by atoms with E-state index in [1.165, 1.54) is 0 Å². The molecule has 0 saturated heterocycles. The molecule has 0 radical (unpaired) electrons. The molecule has 0 amide bonds. The van der Waals surface area contributed by atoms with Crippen molar-refractivity contribution in [3.05, 3.63) is 35.9 Å². The van der Waals surface area contributed by atoms with Crippen LogP contribution in [0.4, 0.5) is 0 Å². The molecule has 0 bridgehead atoms. The highest BCUT2D eigenvalue weighted by atomic mass is 16.5. The van der Waals surface area contributed by atoms with Crippen LogP contribution < -0.4 is 0 Å². The molecule has 1 aromatic carbocycles. The minimum absolute atomic E-state index is 0.179. The number of ether oxygens (including phenoxy) is 1. The molecule has 3 atom stereocenters. The lowest BCUT2D eigenvalue weighted by atomic mass is 9.98. The summed E-state index contributed by atoms with van der Waals surface area (Å²) in [6.07, 6.45) is 1.54. The normalized spacial score (nSPS) is 42.5. The minimum atomic E-state index is -0.702. The highest BCUT2D eigenvalue weighted by molar-refractivity contribution is 5.82. The molecule has 1 aromatic rings. The second-order valence-corrected chi connectivity index (χ2v) is 5.47. The van der Waals surface area contributed by atoms with E-state index in [1.807, 2.05) is 37.3 Å². The van der Waals surface area contributed by atoms with Gasteiger partial charge in [-0.3, -0.25) is 4.79 Å². The summed E-state index contributed by atoms with van der Waals surface area (Å²) >= 11 is 0. The number of carboxylic acid groups (broad SMARTS) is 1. The molecule has 0 heterocycles. The van der Waals surface area contributed by atoms with Crippen LogP contribution in [0.15, 0.2) is 30.3 Å². The molecule has 2 aliphatic carbocycles. The molecule has 1 N–H and O–H groups in total. The minimum Gasteiger partial charge on any atom is -0.481 e. The van der Waals surface area contributed by atoms with Gasteiger partial charge in [0.25, 0.3) is 0 Å². The molecule has 17 heavy (non-hydrogen) atoms. The van der Waals surface area contributed by atoms with Crippen molar-refractivity contribution in [3.63, 3.8) is 0 Å². The molecule has 3 heteroatoms. The van der Waals surface area contributed by atoms with Gasteiger partial charge in [-0.05, 0) is 25.3 Å². The van der Waals surface area contributed by atoms with E-state index in [-0.39, 0.29) is 11.0 Å². The smallest absolute Gasteiger partial charge is 0.310 e. The van der Waals surface area contributed by atoms with E-state index in [9.17, 15) is 9.90 Å². The maximum Gasteiger partial charge on any atom is 0.310 e. The number of rotatable bonds is 3. The molecular weight excluding hydrogens is 216 g/mol. The quantitative estimate of drug-likeness (QED) is 0.870. The number of aliphatic carboxylic acids is 1. The van der Waals surface area contributed by atoms with Crippen LogP contribution in [-0.2, 0) is 15.1 Å². The Morgan fingerprint density at radius 3 is 2.41 bits per heavy atom. The van der Waals surface area contributed by atoms with E-state index in [0.29, 0.717) is 0 Å². The van der Waals surface area contributed by atoms with Crippen LogP contribution in [0.5, 0.6) is 0 Å². The summed E-state index contributed by atoms with van der Waals surface area (Å²) in [4.78, 5) is 11.3. The first-order valence-corrected chi connectivity index (χ1v) is 5.87. The monoisotopic (exact) mass is 232 g/mol. The average molecular weight is 232 g/mol. The van der Waals surface area contributed by atoms with Gasteiger partial charge in [-0.2, -0.15) is 0 Å². The van der Waals surface area contributed by atoms with Crippen LogP contribution in [0.25, 0.3) is 0 Å². The van der Waals surface area contributed by atoms with E-state index < -0.39 is 11.4 Å². The van der Waals surface area contributed by atoms with E-state index >= 15 is 0 Å². The van der Waals surface area contributed by atoms with Gasteiger partial charge in [0.05, 0.1) is 5.41 Å². The van der Waals surface area contributed by atoms with Crippen LogP contribution in [0.3, 0.4) is 0 Å². The maximum absolute atomic E-state index is 11.3. The predicted molar refractivity (Wildman–Crippen MR) is 62.5 cm³/mol. The summed E-state index contributed by atoms with van der Waals surface area (Å²) in [7, 11) is 1.68. The number of carboxylic acids is 1. The first-order chi connectivity index (χ1) is 8.02. The Morgan fingerprint density at radius 1 is 1.29 bits per heavy atom. The predicted octanol–water partition coefficient (Wildman–Crippen LogP) is 2.41. The van der Waals surface area contributed by atoms with Gasteiger partial charge >= 0.3 is 5.97 Å². The van der Waals surface area contributed by atoms with Crippen molar-refractivity contribution < 1.29 is 14.6 Å². The number of carbonyl (C=O) groups is 1. The largest absolute Gasteiger partial charge is 0.481 e. The van der Waals surface area contributed by atoms with E-state index in [4.69, 9.17) is 4.74 Å². The third-order valence-electron chi connectivity index (χ3n) is 4.85. The SMILES string of the molecule is CO[C@]1(c2ccccc2)C[C@@]12C[C@]2(C)C(=O)O. The highest BCUT2D eigenvalue weighted by Crippen LogP contribution is 2.87. The molecule has 1 spiro atoms. The average Bonchev–Trinajstić information content (AvgIpc) is 3.18. The van der Waals surface area contributed by atoms with Crippen molar-refractivity contribution in [2.24, 2.45) is 10.8 Å². The zero-order valence-corrected chi connectivity index (χ0v) is 10.1. The molecule has 90 valence electrons. The van der Waals surface area contributed by atoms with Gasteiger partial charge in [-0.15, -0.1) is 0 Å². The fourth-order valence-corrected chi connectivity index (χ4v) is 3.54. The van der Waals surface area contributed by atoms with Crippen LogP contribution in [0.1, 0.15) is 25.3 Å². The lowest BCUT2D eigenvalue weighted by molar-refractivity contribution is -0.144. The van der Waals surface area contributed by atoms with Gasteiger partial charge in [0, 0.05) is 12.5 Å². The molecule has 3 rings (SSSR count). The Bertz CT molecular complexity index is 484. The summed E-state index contributed by atoms with van der Waals surface area (Å²) in [6, 6.07) is 9.97. The third kappa shape index (κ3) is 1.03. The van der Waals surface area contributed by atoms with E-state index in [1.54, 1.807) is 7.11 Å². The molecule has 2 aliphatic rings. The maximum atomic E-state index is 11.3. The number of methoxy groups -OCH3 is 1. The summed E-state index contributed by atoms with van der Waals surface area (Å²) in [5.74, 6) is -0.702. The number of hydrogen-bond acceptors (Lipinski definition) is 2. The van der Waals surface area contributed by atoms with Crippen molar-refractivity contribution in [3.8, 4) is 0 Å². The first kappa shape index (κ1) is 10.8. The van der Waals surface area contributed by atoms with Gasteiger partial charge in [-0.25, -0.2) is 0 Å². The van der Waals surface area contributed by atoms with Gasteiger partial charge in [0.15, 0.2) is 0 Å². The summed E-state index contributed by atoms with van der Waals surface area (Å²) in [5.41, 5.74) is -0.0604. The molecule has 2 fully saturated rings. The third-order valence-corrected chi connectivity index (χ3v) is 4.85. The van der Waals surface area contributed by atoms with Crippen LogP contribution in [-0.4, -0.2) is 18.2 Å². The molecule has 0 aliphatic heterocycles. The summed E-state index contributed by atoms with van der Waals surface area (Å²) in [5, 5.41) is 9.31. The number of hydrogen-bond donors (Lipinski definition) is 1. The van der Waals surface area contributed by atoms with Crippen molar-refractivity contribution in [2.75, 3.05) is 7.11 Å². The summed E-state index contributed by atoms with van der Waals surface area (Å²) in [6.45, 7) is 1.83. The van der Waals surface area contributed by atoms with Gasteiger partial charge in [0.1, 0.15) is 5.60 Å². The van der Waals surface area contributed by atoms with Crippen LogP contribution in [0.2, 0.25) is 0 Å². The molecule has 0 unspecified atom stereocenters. The topological polar surface area (TPSA) is 46.5 Å². The van der Waals surface area contributed by atoms with Crippen LogP contribution in [0, 0.1) is 10.8 Å². The molecule has 0 aromatic heterocycles. The van der Waals surface area contributed by atoms with Crippen molar-refractivity contribution >= 4 is 5.97 Å². The van der Waals surface area contributed by atoms with Gasteiger partial charge in [-0.1, -0.05) is 30.3 Å². The van der Waals surface area contributed by atoms with Crippen molar-refractivity contribution in [2.45, 2.75) is 25.4 Å². The van der Waals surface area contributed by atoms with Crippen molar-refractivity contribution in [1.82, 2.24) is 0 Å². The lowest BCUT2D eigenvalue weighted by Gasteiger charge is -2.17. The first-order valence-electron chi connectivity index (χ1n) is 5.87. The van der Waals surface area contributed by atoms with Gasteiger partial charge in [0.2, 0.25) is 0 Å². The Balaban J connectivity index is 1.99. The Morgan fingerprint density at radius 2 is 1.94 bits per heavy atom. The Kier molecular flexibility index (Phi) is 1.84. The summed E-state index contributed by atoms with van der Waals surface area (Å²) < 4.78 is 5.69. The number of benzene rings is 1. The Hall–Kier alpha value is -1.35. The molecule has 3 nitrogen and oxygen atoms in total. The van der Waals surface area contributed by atoms with Crippen molar-refractivity contribution in [1.29, 1.82) is 0 Å². The van der Waals surface area contributed by atoms with Gasteiger partial charge < -0.3 is 9.84 Å². The highest BCUT2D eigenvalue weighted by Gasteiger charge is 2.89. The van der Waals surface area contributed by atoms with E-state index in [0.717, 1.165) is 18.4 Å². The molecular formula is C14H16O3. The molecule has 2 saturated carbocycles. The standard InChI is InChI=1S/C14H16O3/c1-12(11(15)16)8-13(12)9-14(13,17-2)10-6-4-3-5-7-10/h3-7H,8-9H2,1-2H3,(H,15,16)/t12-,13-,14+/m1/s1. The fraction of sp³-hybridized carbons (Fsp3) is 0.500.